The number of amides is 1. The molecule has 0 bridgehead atoms. The number of alkyl halides is 2. The summed E-state index contributed by atoms with van der Waals surface area (Å²) in [4.78, 5) is 65.8. The van der Waals surface area contributed by atoms with Crippen LogP contribution in [0.4, 0.5) is 18.9 Å². The molecule has 3 aromatic heterocycles. The van der Waals surface area contributed by atoms with Crippen LogP contribution in [-0.2, 0) is 28.4 Å². The predicted molar refractivity (Wildman–Crippen MR) is 235 cm³/mol. The number of benzene rings is 3. The van der Waals surface area contributed by atoms with E-state index in [-0.39, 0.29) is 59.8 Å². The monoisotopic (exact) mass is 868 g/mol. The highest BCUT2D eigenvalue weighted by molar-refractivity contribution is 5.99. The number of fused-ring (bicyclic) bond motifs is 2. The number of rotatable bonds is 10. The molecule has 0 aliphatic carbocycles. The van der Waals surface area contributed by atoms with Crippen LogP contribution in [0.15, 0.2) is 88.8 Å². The predicted octanol–water partition coefficient (Wildman–Crippen LogP) is 7.22. The lowest BCUT2D eigenvalue weighted by Gasteiger charge is -2.40. The molecule has 1 aliphatic rings. The number of halogens is 3. The van der Waals surface area contributed by atoms with E-state index in [4.69, 9.17) is 14.2 Å². The quantitative estimate of drug-likeness (QED) is 0.111. The third-order valence-corrected chi connectivity index (χ3v) is 10.9. The Kier molecular flexibility index (Phi) is 13.4. The van der Waals surface area contributed by atoms with Gasteiger partial charge >= 0.3 is 11.7 Å². The van der Waals surface area contributed by atoms with Gasteiger partial charge in [-0.25, -0.2) is 27.3 Å². The summed E-state index contributed by atoms with van der Waals surface area (Å²) in [6.45, 7) is 12.1. The Morgan fingerprint density at radius 3 is 2.43 bits per heavy atom. The topological polar surface area (TPSA) is 147 Å². The van der Waals surface area contributed by atoms with Crippen molar-refractivity contribution in [1.29, 1.82) is 0 Å². The molecule has 2 atom stereocenters. The Hall–Kier alpha value is -6.55. The number of methoxy groups -OCH3 is 1. The Morgan fingerprint density at radius 1 is 1.00 bits per heavy atom. The molecule has 0 saturated carbocycles. The van der Waals surface area contributed by atoms with E-state index < -0.39 is 57.9 Å². The van der Waals surface area contributed by atoms with Gasteiger partial charge in [0.1, 0.15) is 29.4 Å². The number of esters is 1. The first-order valence-electron chi connectivity index (χ1n) is 20.5. The van der Waals surface area contributed by atoms with E-state index in [1.54, 1.807) is 36.4 Å². The van der Waals surface area contributed by atoms with Crippen LogP contribution in [0.25, 0.3) is 27.5 Å². The second kappa shape index (κ2) is 18.4. The number of aromatic nitrogens is 4. The van der Waals surface area contributed by atoms with Crippen molar-refractivity contribution in [3.05, 3.63) is 128 Å². The fourth-order valence-electron chi connectivity index (χ4n) is 7.76. The molecule has 6 aromatic rings. The molecule has 13 nitrogen and oxygen atoms in total. The fraction of sp³-hybridized carbons (Fsp3) is 0.362. The molecule has 0 radical (unpaired) electrons. The average molecular weight is 869 g/mol. The van der Waals surface area contributed by atoms with E-state index in [1.807, 2.05) is 34.6 Å². The summed E-state index contributed by atoms with van der Waals surface area (Å²) in [6.07, 6.45) is 4.18. The smallest absolute Gasteiger partial charge is 0.335 e. The molecule has 1 unspecified atom stereocenters. The third-order valence-electron chi connectivity index (χ3n) is 10.9. The van der Waals surface area contributed by atoms with Crippen LogP contribution in [0, 0.1) is 12.7 Å². The van der Waals surface area contributed by atoms with Crippen molar-refractivity contribution in [2.45, 2.75) is 78.3 Å². The molecule has 332 valence electrons. The first-order valence-corrected chi connectivity index (χ1v) is 20.5. The summed E-state index contributed by atoms with van der Waals surface area (Å²) >= 11 is 0. The lowest BCUT2D eigenvalue weighted by atomic mass is 9.86. The zero-order valence-corrected chi connectivity index (χ0v) is 36.7. The van der Waals surface area contributed by atoms with E-state index in [0.29, 0.717) is 22.2 Å². The molecule has 4 heterocycles. The average Bonchev–Trinajstić information content (AvgIpc) is 3.25. The van der Waals surface area contributed by atoms with Gasteiger partial charge in [0.2, 0.25) is 0 Å². The second-order valence-corrected chi connectivity index (χ2v) is 16.1. The van der Waals surface area contributed by atoms with E-state index in [1.165, 1.54) is 67.3 Å². The van der Waals surface area contributed by atoms with Gasteiger partial charge in [-0.15, -0.1) is 0 Å². The molecular formula is C47H51F3N6O7. The number of aryl methyl sites for hydroxylation is 2. The third kappa shape index (κ3) is 9.31. The number of anilines is 1. The lowest BCUT2D eigenvalue weighted by Crippen LogP contribution is -2.54. The minimum Gasteiger partial charge on any atom is -0.496 e. The molecular weight excluding hydrogens is 818 g/mol. The number of pyridine rings is 2. The van der Waals surface area contributed by atoms with Crippen LogP contribution in [0.5, 0.6) is 11.5 Å². The van der Waals surface area contributed by atoms with Gasteiger partial charge in [0.25, 0.3) is 17.4 Å². The highest BCUT2D eigenvalue weighted by Gasteiger charge is 2.41. The summed E-state index contributed by atoms with van der Waals surface area (Å²) < 4.78 is 64.3. The molecule has 3 aromatic carbocycles. The molecule has 1 amide bonds. The van der Waals surface area contributed by atoms with Crippen LogP contribution in [0.2, 0.25) is 0 Å². The fourth-order valence-corrected chi connectivity index (χ4v) is 7.76. The van der Waals surface area contributed by atoms with Crippen molar-refractivity contribution < 1.29 is 37.0 Å². The molecule has 1 saturated heterocycles. The van der Waals surface area contributed by atoms with Gasteiger partial charge in [0.15, 0.2) is 0 Å². The summed E-state index contributed by atoms with van der Waals surface area (Å²) in [5.74, 6) is -5.24. The molecule has 1 N–H and O–H groups in total. The minimum atomic E-state index is -3.16. The molecule has 16 heteroatoms. The van der Waals surface area contributed by atoms with E-state index in [0.717, 1.165) is 23.1 Å². The van der Waals surface area contributed by atoms with Crippen molar-refractivity contribution in [2.75, 3.05) is 31.8 Å². The number of nitrogens with one attached hydrogen (secondary N) is 1. The Bertz CT molecular complexity index is 2790. The van der Waals surface area contributed by atoms with Crippen LogP contribution in [0.3, 0.4) is 0 Å². The van der Waals surface area contributed by atoms with Crippen molar-refractivity contribution in [1.82, 2.24) is 24.4 Å². The number of hydrogen-bond acceptors (Lipinski definition) is 10. The zero-order chi connectivity index (χ0) is 46.0. The first kappa shape index (κ1) is 46.0. The SMILES string of the molecule is CC.COc1ccc(OC(=O)C(Cc2ccc(-n3c(=O)c4ccncc4n(C)c3=O)c3ncccc23)NC(=O)c2c(C)cc(N3CCOC[C@@H]3C(C)(F)F)cc2F)cc1C(C)(C)C. The van der Waals surface area contributed by atoms with Crippen molar-refractivity contribution in [3.8, 4) is 17.2 Å². The maximum Gasteiger partial charge on any atom is 0.335 e. The summed E-state index contributed by atoms with van der Waals surface area (Å²) in [6, 6.07) is 12.6. The van der Waals surface area contributed by atoms with Crippen LogP contribution in [0.1, 0.15) is 68.6 Å². The molecule has 63 heavy (non-hydrogen) atoms. The van der Waals surface area contributed by atoms with E-state index in [2.05, 4.69) is 15.3 Å². The van der Waals surface area contributed by atoms with Crippen LogP contribution in [-0.4, -0.2) is 75.9 Å². The summed E-state index contributed by atoms with van der Waals surface area (Å²) in [5, 5.41) is 3.38. The normalized spacial score (nSPS) is 14.8. The van der Waals surface area contributed by atoms with Gasteiger partial charge in [-0.3, -0.25) is 24.1 Å². The van der Waals surface area contributed by atoms with Gasteiger partial charge in [0, 0.05) is 56.0 Å². The van der Waals surface area contributed by atoms with Crippen molar-refractivity contribution in [3.63, 3.8) is 0 Å². The van der Waals surface area contributed by atoms with Crippen LogP contribution >= 0.6 is 0 Å². The van der Waals surface area contributed by atoms with Gasteiger partial charge in [-0.05, 0) is 72.0 Å². The largest absolute Gasteiger partial charge is 0.496 e. The first-order chi connectivity index (χ1) is 29.9. The molecule has 7 rings (SSSR count). The Labute approximate surface area is 362 Å². The number of hydrogen-bond donors (Lipinski definition) is 1. The summed E-state index contributed by atoms with van der Waals surface area (Å²) in [5.41, 5.74) is 0.292. The van der Waals surface area contributed by atoms with Gasteiger partial charge < -0.3 is 24.4 Å². The number of morpholine rings is 1. The summed E-state index contributed by atoms with van der Waals surface area (Å²) in [7, 11) is 3.06. The molecule has 1 fully saturated rings. The number of carbonyl (C=O) groups excluding carboxylic acids is 2. The van der Waals surface area contributed by atoms with Crippen molar-refractivity contribution in [2.24, 2.45) is 7.05 Å². The minimum absolute atomic E-state index is 0.0812. The van der Waals surface area contributed by atoms with Gasteiger partial charge in [-0.2, -0.15) is 0 Å². The highest BCUT2D eigenvalue weighted by Crippen LogP contribution is 2.35. The highest BCUT2D eigenvalue weighted by atomic mass is 19.3. The Balaban J connectivity index is 0.00000326. The van der Waals surface area contributed by atoms with E-state index >= 15 is 4.39 Å². The maximum atomic E-state index is 16.1. The Morgan fingerprint density at radius 2 is 1.75 bits per heavy atom. The van der Waals surface area contributed by atoms with Crippen LogP contribution < -0.4 is 30.9 Å². The number of ether oxygens (including phenoxy) is 3. The lowest BCUT2D eigenvalue weighted by molar-refractivity contribution is -0.136. The van der Waals surface area contributed by atoms with Crippen molar-refractivity contribution >= 4 is 39.4 Å². The molecule has 1 aliphatic heterocycles. The maximum absolute atomic E-state index is 16.1. The second-order valence-electron chi connectivity index (χ2n) is 16.1. The van der Waals surface area contributed by atoms with E-state index in [9.17, 15) is 28.0 Å². The van der Waals surface area contributed by atoms with Gasteiger partial charge in [-0.1, -0.05) is 46.8 Å². The number of nitrogens with zero attached hydrogens (tertiary/aromatic N) is 5. The molecule has 0 spiro atoms. The van der Waals surface area contributed by atoms with Gasteiger partial charge in [0.05, 0.1) is 54.2 Å². The standard InChI is InChI=1S/C45H45F3N6O7.C2H6/c1-25-19-27(53-17-18-60-24-37(53)45(5,47)48)21-32(46)38(25)40(55)51-33(42(57)61-28-11-13-36(59-7)31(22-28)44(2,3)4)20-26-10-12-34(39-29(26)9-8-15-50-39)54-41(56)30-14-16-49-23-35(30)52(6)43(54)58;1-2/h8-16,19,21-23,33,37H,17-18,20,24H2,1-7H3,(H,51,55);1-2H3/t33?,37-;/m1./s1. The number of carbonyl (C=O) groups is 2. The zero-order valence-electron chi connectivity index (χ0n) is 36.7.